The van der Waals surface area contributed by atoms with Crippen LogP contribution in [0.5, 0.6) is 0 Å². The summed E-state index contributed by atoms with van der Waals surface area (Å²) >= 11 is 0. The fourth-order valence-electron chi connectivity index (χ4n) is 2.98. The van der Waals surface area contributed by atoms with E-state index in [0.29, 0.717) is 19.0 Å². The van der Waals surface area contributed by atoms with Crippen LogP contribution in [0.1, 0.15) is 5.56 Å². The summed E-state index contributed by atoms with van der Waals surface area (Å²) in [6.07, 6.45) is 2.20. The number of benzene rings is 1. The van der Waals surface area contributed by atoms with Crippen molar-refractivity contribution in [3.05, 3.63) is 52.2 Å². The van der Waals surface area contributed by atoms with Gasteiger partial charge in [-0.15, -0.1) is 5.10 Å². The summed E-state index contributed by atoms with van der Waals surface area (Å²) in [4.78, 5) is 33.6. The van der Waals surface area contributed by atoms with E-state index < -0.39 is 4.92 Å². The highest BCUT2D eigenvalue weighted by molar-refractivity contribution is 5.72. The maximum absolute atomic E-state index is 10.8. The Bertz CT molecular complexity index is 1020. The van der Waals surface area contributed by atoms with Gasteiger partial charge in [0.2, 0.25) is 0 Å². The van der Waals surface area contributed by atoms with Crippen LogP contribution in [-0.4, -0.2) is 52.0 Å². The Kier molecular flexibility index (Phi) is 5.73. The molecule has 0 bridgehead atoms. The molecule has 10 heteroatoms. The molecular weight excluding hydrogens is 366 g/mol. The quantitative estimate of drug-likeness (QED) is 0.496. The molecule has 1 fully saturated rings. The summed E-state index contributed by atoms with van der Waals surface area (Å²) in [7, 11) is 0. The number of hydrogen-bond donors (Lipinski definition) is 0. The van der Waals surface area contributed by atoms with E-state index in [-0.39, 0.29) is 11.8 Å². The highest BCUT2D eigenvalue weighted by Crippen LogP contribution is 2.26. The lowest BCUT2D eigenvalue weighted by Gasteiger charge is -2.28. The zero-order valence-corrected chi connectivity index (χ0v) is 15.1. The molecule has 3 aromatic rings. The van der Waals surface area contributed by atoms with Gasteiger partial charge in [0.15, 0.2) is 11.6 Å². The lowest BCUT2D eigenvalue weighted by molar-refractivity contribution is -0.384. The second-order valence-electron chi connectivity index (χ2n) is 6.09. The topological polar surface area (TPSA) is 120 Å². The van der Waals surface area contributed by atoms with Crippen LogP contribution in [0.25, 0.3) is 16.9 Å². The van der Waals surface area contributed by atoms with Gasteiger partial charge < -0.3 is 9.64 Å². The molecule has 0 N–H and O–H groups in total. The number of hydrogen-bond acceptors (Lipinski definition) is 8. The van der Waals surface area contributed by atoms with E-state index in [1.54, 1.807) is 12.1 Å². The van der Waals surface area contributed by atoms with Gasteiger partial charge in [0.25, 0.3) is 5.69 Å². The minimum Gasteiger partial charge on any atom is -0.378 e. The van der Waals surface area contributed by atoms with Gasteiger partial charge in [0, 0.05) is 37.0 Å². The zero-order chi connectivity index (χ0) is 20.1. The van der Waals surface area contributed by atoms with Crippen molar-refractivity contribution in [2.45, 2.75) is 6.92 Å². The van der Waals surface area contributed by atoms with Gasteiger partial charge in [-0.3, -0.25) is 10.1 Å². The van der Waals surface area contributed by atoms with Gasteiger partial charge in [0.05, 0.1) is 18.1 Å². The van der Waals surface area contributed by atoms with Crippen LogP contribution in [0.2, 0.25) is 0 Å². The van der Waals surface area contributed by atoms with E-state index in [1.807, 2.05) is 17.6 Å². The van der Waals surface area contributed by atoms with Crippen molar-refractivity contribution in [3.8, 4) is 11.4 Å². The van der Waals surface area contributed by atoms with Gasteiger partial charge in [-0.25, -0.2) is 9.50 Å². The molecule has 28 heavy (non-hydrogen) atoms. The summed E-state index contributed by atoms with van der Waals surface area (Å²) < 4.78 is 7.26. The van der Waals surface area contributed by atoms with E-state index >= 15 is 0 Å². The normalized spacial score (nSPS) is 13.5. The third-order valence-electron chi connectivity index (χ3n) is 4.23. The van der Waals surface area contributed by atoms with Gasteiger partial charge >= 0.3 is 6.15 Å². The van der Waals surface area contributed by atoms with Gasteiger partial charge in [-0.2, -0.15) is 9.59 Å². The number of morpholine rings is 1. The highest BCUT2D eigenvalue weighted by Gasteiger charge is 2.19. The molecule has 1 aromatic carbocycles. The van der Waals surface area contributed by atoms with Crippen molar-refractivity contribution in [3.63, 3.8) is 0 Å². The van der Waals surface area contributed by atoms with E-state index in [9.17, 15) is 10.1 Å². The smallest absolute Gasteiger partial charge is 0.373 e. The van der Waals surface area contributed by atoms with Crippen LogP contribution in [0.15, 0.2) is 36.5 Å². The number of nitro benzene ring substituents is 1. The van der Waals surface area contributed by atoms with Crippen molar-refractivity contribution < 1.29 is 19.2 Å². The van der Waals surface area contributed by atoms with E-state index in [1.165, 1.54) is 12.1 Å². The summed E-state index contributed by atoms with van der Waals surface area (Å²) in [5.74, 6) is 1.40. The van der Waals surface area contributed by atoms with Gasteiger partial charge in [-0.05, 0) is 30.7 Å². The third kappa shape index (κ3) is 4.03. The Morgan fingerprint density at radius 1 is 1.18 bits per heavy atom. The average Bonchev–Trinajstić information content (AvgIpc) is 3.08. The van der Waals surface area contributed by atoms with E-state index in [2.05, 4.69) is 16.1 Å². The van der Waals surface area contributed by atoms with Crippen molar-refractivity contribution in [1.29, 1.82) is 0 Å². The number of nitrogens with zero attached hydrogens (tertiary/aromatic N) is 5. The summed E-state index contributed by atoms with van der Waals surface area (Å²) in [5.41, 5.74) is 2.85. The Balaban J connectivity index is 0.000000706. The van der Waals surface area contributed by atoms with Crippen molar-refractivity contribution in [2.75, 3.05) is 31.2 Å². The molecule has 0 amide bonds. The molecule has 144 valence electrons. The Hall–Kier alpha value is -3.62. The molecule has 0 radical (unpaired) electrons. The molecule has 3 heterocycles. The fraction of sp³-hybridized carbons (Fsp3) is 0.278. The number of nitro groups is 1. The zero-order valence-electron chi connectivity index (χ0n) is 15.1. The average molecular weight is 383 g/mol. The number of rotatable bonds is 3. The third-order valence-corrected chi connectivity index (χ3v) is 4.23. The maximum Gasteiger partial charge on any atom is 0.373 e. The minimum absolute atomic E-state index is 0.0510. The Labute approximate surface area is 159 Å². The molecule has 0 spiro atoms. The Morgan fingerprint density at radius 3 is 2.43 bits per heavy atom. The van der Waals surface area contributed by atoms with E-state index in [4.69, 9.17) is 19.3 Å². The van der Waals surface area contributed by atoms with Crippen molar-refractivity contribution in [2.24, 2.45) is 0 Å². The van der Waals surface area contributed by atoms with Crippen molar-refractivity contribution >= 4 is 23.2 Å². The number of anilines is 1. The monoisotopic (exact) mass is 383 g/mol. The molecular formula is C18H17N5O5. The van der Waals surface area contributed by atoms with Crippen LogP contribution in [0, 0.1) is 17.0 Å². The number of aromatic nitrogens is 3. The first-order valence-corrected chi connectivity index (χ1v) is 8.47. The molecule has 0 aliphatic carbocycles. The standard InChI is InChI=1S/C17H17N5O3.CO2/c1-12-10-15-17(20-6-8-25-9-7-20)18-16(19-21(15)11-12)13-2-4-14(5-3-13)22(23)24;2-1-3/h2-5,10-11H,6-9H2,1H3;. The summed E-state index contributed by atoms with van der Waals surface area (Å²) in [5, 5.41) is 15.4. The van der Waals surface area contributed by atoms with Crippen LogP contribution in [0.3, 0.4) is 0 Å². The number of carbonyl (C=O) groups excluding carboxylic acids is 2. The molecule has 0 saturated carbocycles. The first-order chi connectivity index (χ1) is 13.5. The molecule has 1 aliphatic rings. The van der Waals surface area contributed by atoms with Crippen molar-refractivity contribution in [1.82, 2.24) is 14.6 Å². The van der Waals surface area contributed by atoms with Crippen LogP contribution >= 0.6 is 0 Å². The van der Waals surface area contributed by atoms with Crippen LogP contribution < -0.4 is 4.90 Å². The van der Waals surface area contributed by atoms with Gasteiger partial charge in [-0.1, -0.05) is 0 Å². The molecule has 0 atom stereocenters. The fourth-order valence-corrected chi connectivity index (χ4v) is 2.98. The largest absolute Gasteiger partial charge is 0.378 e. The second-order valence-corrected chi connectivity index (χ2v) is 6.09. The SMILES string of the molecule is Cc1cc2c(N3CCOCC3)nc(-c3ccc([N+](=O)[O-])cc3)nn2c1.O=C=O. The maximum atomic E-state index is 10.8. The molecule has 0 unspecified atom stereocenters. The van der Waals surface area contributed by atoms with E-state index in [0.717, 1.165) is 35.6 Å². The lowest BCUT2D eigenvalue weighted by atomic mass is 10.2. The second kappa shape index (κ2) is 8.38. The first kappa shape index (κ1) is 19.2. The Morgan fingerprint density at radius 2 is 1.82 bits per heavy atom. The summed E-state index contributed by atoms with van der Waals surface area (Å²) in [6.45, 7) is 4.90. The number of non-ortho nitro benzene ring substituents is 1. The molecule has 2 aromatic heterocycles. The molecule has 1 aliphatic heterocycles. The number of aryl methyl sites for hydroxylation is 1. The first-order valence-electron chi connectivity index (χ1n) is 8.47. The number of fused-ring (bicyclic) bond motifs is 1. The van der Waals surface area contributed by atoms with Gasteiger partial charge in [0.1, 0.15) is 5.52 Å². The molecule has 10 nitrogen and oxygen atoms in total. The predicted octanol–water partition coefficient (Wildman–Crippen LogP) is 1.87. The van der Waals surface area contributed by atoms with Crippen LogP contribution in [-0.2, 0) is 14.3 Å². The predicted molar refractivity (Wildman–Crippen MR) is 97.9 cm³/mol. The minimum atomic E-state index is -0.414. The lowest BCUT2D eigenvalue weighted by Crippen LogP contribution is -2.37. The molecule has 1 saturated heterocycles. The molecule has 4 rings (SSSR count). The number of ether oxygens (including phenoxy) is 1. The summed E-state index contributed by atoms with van der Waals surface area (Å²) in [6, 6.07) is 8.36. The van der Waals surface area contributed by atoms with Crippen LogP contribution in [0.4, 0.5) is 11.5 Å². The highest BCUT2D eigenvalue weighted by atomic mass is 16.6.